The van der Waals surface area contributed by atoms with Gasteiger partial charge in [0.05, 0.1) is 11.9 Å². The summed E-state index contributed by atoms with van der Waals surface area (Å²) in [6.07, 6.45) is 1.99. The normalized spacial score (nSPS) is 13.0. The number of hydrogen-bond donors (Lipinski definition) is 1. The third-order valence-electron chi connectivity index (χ3n) is 3.71. The zero-order chi connectivity index (χ0) is 17.8. The van der Waals surface area contributed by atoms with Crippen molar-refractivity contribution >= 4 is 21.6 Å². The van der Waals surface area contributed by atoms with Crippen LogP contribution in [0.25, 0.3) is 0 Å². The highest BCUT2D eigenvalue weighted by Gasteiger charge is 2.29. The maximum Gasteiger partial charge on any atom is 0.243 e. The fourth-order valence-electron chi connectivity index (χ4n) is 2.37. The lowest BCUT2D eigenvalue weighted by Crippen LogP contribution is -2.48. The van der Waals surface area contributed by atoms with E-state index in [-0.39, 0.29) is 5.91 Å². The van der Waals surface area contributed by atoms with Crippen LogP contribution in [0.15, 0.2) is 18.2 Å². The van der Waals surface area contributed by atoms with Crippen molar-refractivity contribution < 1.29 is 13.2 Å². The Morgan fingerprint density at radius 1 is 1.22 bits per heavy atom. The van der Waals surface area contributed by atoms with Gasteiger partial charge in [-0.1, -0.05) is 26.0 Å². The van der Waals surface area contributed by atoms with E-state index < -0.39 is 16.1 Å². The van der Waals surface area contributed by atoms with Crippen LogP contribution < -0.4 is 9.62 Å². The molecule has 0 aliphatic heterocycles. The molecule has 1 aromatic carbocycles. The Balaban J connectivity index is 3.08. The number of amides is 1. The Kier molecular flexibility index (Phi) is 6.62. The summed E-state index contributed by atoms with van der Waals surface area (Å²) in [5, 5.41) is 2.83. The van der Waals surface area contributed by atoms with E-state index in [1.807, 2.05) is 26.0 Å². The quantitative estimate of drug-likeness (QED) is 0.830. The Hall–Kier alpha value is -1.56. The van der Waals surface area contributed by atoms with E-state index in [1.54, 1.807) is 13.0 Å². The molecule has 130 valence electrons. The van der Waals surface area contributed by atoms with Crippen LogP contribution >= 0.6 is 0 Å². The first-order valence-electron chi connectivity index (χ1n) is 7.88. The Bertz CT molecular complexity index is 654. The molecule has 1 amide bonds. The Labute approximate surface area is 140 Å². The molecule has 5 nitrogen and oxygen atoms in total. The molecule has 1 atom stereocenters. The molecule has 0 fully saturated rings. The summed E-state index contributed by atoms with van der Waals surface area (Å²) in [7, 11) is -3.57. The van der Waals surface area contributed by atoms with Crippen molar-refractivity contribution in [3.63, 3.8) is 0 Å². The van der Waals surface area contributed by atoms with Crippen molar-refractivity contribution in [2.24, 2.45) is 5.92 Å². The molecule has 0 spiro atoms. The molecule has 1 N–H and O–H groups in total. The highest BCUT2D eigenvalue weighted by molar-refractivity contribution is 7.92. The van der Waals surface area contributed by atoms with Gasteiger partial charge in [-0.15, -0.1) is 0 Å². The molecule has 0 saturated heterocycles. The van der Waals surface area contributed by atoms with Gasteiger partial charge in [0.2, 0.25) is 15.9 Å². The zero-order valence-corrected chi connectivity index (χ0v) is 15.7. The fourth-order valence-corrected chi connectivity index (χ4v) is 3.59. The number of aryl methyl sites for hydroxylation is 2. The van der Waals surface area contributed by atoms with Crippen LogP contribution in [0.4, 0.5) is 5.69 Å². The van der Waals surface area contributed by atoms with E-state index in [0.717, 1.165) is 23.8 Å². The van der Waals surface area contributed by atoms with Gasteiger partial charge in [-0.2, -0.15) is 0 Å². The second-order valence-electron chi connectivity index (χ2n) is 6.50. The molecule has 0 saturated carbocycles. The summed E-state index contributed by atoms with van der Waals surface area (Å²) in [4.78, 5) is 12.4. The smallest absolute Gasteiger partial charge is 0.243 e. The van der Waals surface area contributed by atoms with Gasteiger partial charge in [-0.25, -0.2) is 8.42 Å². The van der Waals surface area contributed by atoms with E-state index >= 15 is 0 Å². The number of carbonyl (C=O) groups excluding carboxylic acids is 1. The van der Waals surface area contributed by atoms with E-state index in [2.05, 4.69) is 19.2 Å². The van der Waals surface area contributed by atoms with Crippen molar-refractivity contribution in [1.29, 1.82) is 0 Å². The predicted octanol–water partition coefficient (Wildman–Crippen LogP) is 2.62. The minimum Gasteiger partial charge on any atom is -0.354 e. The third-order valence-corrected chi connectivity index (χ3v) is 4.94. The second-order valence-corrected chi connectivity index (χ2v) is 8.36. The van der Waals surface area contributed by atoms with Gasteiger partial charge in [-0.3, -0.25) is 9.10 Å². The van der Waals surface area contributed by atoms with E-state index in [4.69, 9.17) is 0 Å². The lowest BCUT2D eigenvalue weighted by Gasteiger charge is -2.29. The molecular formula is C17H28N2O3S. The minimum atomic E-state index is -3.57. The fraction of sp³-hybridized carbons (Fsp3) is 0.588. The molecule has 0 aliphatic carbocycles. The number of anilines is 1. The number of nitrogens with zero attached hydrogens (tertiary/aromatic N) is 1. The number of carbonyl (C=O) groups is 1. The molecule has 0 aliphatic rings. The van der Waals surface area contributed by atoms with Gasteiger partial charge < -0.3 is 5.32 Å². The van der Waals surface area contributed by atoms with Crippen LogP contribution in [0.3, 0.4) is 0 Å². The van der Waals surface area contributed by atoms with Crippen molar-refractivity contribution in [3.8, 4) is 0 Å². The molecule has 0 unspecified atom stereocenters. The average molecular weight is 340 g/mol. The first-order chi connectivity index (χ1) is 10.5. The average Bonchev–Trinajstić information content (AvgIpc) is 2.40. The number of hydrogen-bond acceptors (Lipinski definition) is 3. The first kappa shape index (κ1) is 19.5. The number of rotatable bonds is 7. The first-order valence-corrected chi connectivity index (χ1v) is 9.73. The van der Waals surface area contributed by atoms with Crippen LogP contribution in [-0.4, -0.2) is 33.2 Å². The third kappa shape index (κ3) is 5.53. The molecule has 6 heteroatoms. The summed E-state index contributed by atoms with van der Waals surface area (Å²) in [6, 6.07) is 4.80. The Morgan fingerprint density at radius 2 is 1.83 bits per heavy atom. The molecule has 23 heavy (non-hydrogen) atoms. The molecular weight excluding hydrogens is 312 g/mol. The predicted molar refractivity (Wildman–Crippen MR) is 95.2 cm³/mol. The van der Waals surface area contributed by atoms with Crippen LogP contribution in [0.5, 0.6) is 0 Å². The topological polar surface area (TPSA) is 66.5 Å². The minimum absolute atomic E-state index is 0.281. The number of benzene rings is 1. The lowest BCUT2D eigenvalue weighted by molar-refractivity contribution is -0.121. The highest BCUT2D eigenvalue weighted by Crippen LogP contribution is 2.26. The van der Waals surface area contributed by atoms with E-state index in [9.17, 15) is 13.2 Å². The summed E-state index contributed by atoms with van der Waals surface area (Å²) >= 11 is 0. The van der Waals surface area contributed by atoms with Crippen LogP contribution in [-0.2, 0) is 14.8 Å². The van der Waals surface area contributed by atoms with E-state index in [0.29, 0.717) is 18.2 Å². The number of nitrogens with one attached hydrogen (secondary N) is 1. The molecule has 0 bridgehead atoms. The standard InChI is InChI=1S/C17H28N2O3S/c1-12(2)9-10-18-17(20)15(5)19(23(6,21)22)16-11-13(3)7-8-14(16)4/h7-8,11-12,15H,9-10H2,1-6H3,(H,18,20)/t15-/m0/s1. The number of sulfonamides is 1. The van der Waals surface area contributed by atoms with Crippen molar-refractivity contribution in [2.75, 3.05) is 17.1 Å². The summed E-state index contributed by atoms with van der Waals surface area (Å²) < 4.78 is 25.7. The maximum absolute atomic E-state index is 12.4. The SMILES string of the molecule is Cc1ccc(C)c(N([C@@H](C)C(=O)NCCC(C)C)S(C)(=O)=O)c1. The van der Waals surface area contributed by atoms with Crippen molar-refractivity contribution in [1.82, 2.24) is 5.32 Å². The van der Waals surface area contributed by atoms with Crippen molar-refractivity contribution in [3.05, 3.63) is 29.3 Å². The summed E-state index contributed by atoms with van der Waals surface area (Å²) in [6.45, 7) is 10.1. The largest absolute Gasteiger partial charge is 0.354 e. The van der Waals surface area contributed by atoms with Crippen LogP contribution in [0, 0.1) is 19.8 Å². The van der Waals surface area contributed by atoms with Gasteiger partial charge in [-0.05, 0) is 50.3 Å². The van der Waals surface area contributed by atoms with Crippen LogP contribution in [0.1, 0.15) is 38.3 Å². The maximum atomic E-state index is 12.4. The molecule has 1 aromatic rings. The molecule has 0 radical (unpaired) electrons. The lowest BCUT2D eigenvalue weighted by atomic mass is 10.1. The molecule has 0 aromatic heterocycles. The highest BCUT2D eigenvalue weighted by atomic mass is 32.2. The van der Waals surface area contributed by atoms with Gasteiger partial charge >= 0.3 is 0 Å². The monoisotopic (exact) mass is 340 g/mol. The van der Waals surface area contributed by atoms with Gasteiger partial charge in [0.25, 0.3) is 0 Å². The van der Waals surface area contributed by atoms with E-state index in [1.165, 1.54) is 4.31 Å². The van der Waals surface area contributed by atoms with Gasteiger partial charge in [0.1, 0.15) is 6.04 Å². The Morgan fingerprint density at radius 3 is 2.35 bits per heavy atom. The summed E-state index contributed by atoms with van der Waals surface area (Å²) in [5.74, 6) is 0.201. The van der Waals surface area contributed by atoms with Gasteiger partial charge in [0.15, 0.2) is 0 Å². The molecule has 0 heterocycles. The summed E-state index contributed by atoms with van der Waals surface area (Å²) in [5.41, 5.74) is 2.33. The van der Waals surface area contributed by atoms with Crippen LogP contribution in [0.2, 0.25) is 0 Å². The zero-order valence-electron chi connectivity index (χ0n) is 14.9. The second kappa shape index (κ2) is 7.81. The molecule has 1 rings (SSSR count). The van der Waals surface area contributed by atoms with Crippen molar-refractivity contribution in [2.45, 2.75) is 47.1 Å². The van der Waals surface area contributed by atoms with Gasteiger partial charge in [0, 0.05) is 6.54 Å².